The lowest BCUT2D eigenvalue weighted by molar-refractivity contribution is -0.142. The number of amides is 2. The van der Waals surface area contributed by atoms with Crippen LogP contribution in [0.5, 0.6) is 0 Å². The van der Waals surface area contributed by atoms with Crippen molar-refractivity contribution in [1.29, 1.82) is 0 Å². The van der Waals surface area contributed by atoms with Crippen LogP contribution >= 0.6 is 22.6 Å². The molecule has 1 unspecified atom stereocenters. The van der Waals surface area contributed by atoms with Gasteiger partial charge in [-0.05, 0) is 18.8 Å². The van der Waals surface area contributed by atoms with Gasteiger partial charge < -0.3 is 10.6 Å². The number of piperidine rings is 1. The maximum atomic E-state index is 11.8. The van der Waals surface area contributed by atoms with Gasteiger partial charge in [-0.3, -0.25) is 9.59 Å². The van der Waals surface area contributed by atoms with Gasteiger partial charge in [-0.15, -0.1) is 0 Å². The first-order chi connectivity index (χ1) is 7.10. The average molecular weight is 324 g/mol. The zero-order valence-electron chi connectivity index (χ0n) is 8.91. The number of nitrogens with two attached hydrogens (primary N) is 1. The van der Waals surface area contributed by atoms with Gasteiger partial charge in [-0.2, -0.15) is 0 Å². The molecule has 0 radical (unpaired) electrons. The Morgan fingerprint density at radius 1 is 1.73 bits per heavy atom. The molecule has 1 fully saturated rings. The molecule has 1 heterocycles. The van der Waals surface area contributed by atoms with Gasteiger partial charge in [0.1, 0.15) is 6.04 Å². The normalized spacial score (nSPS) is 24.0. The van der Waals surface area contributed by atoms with E-state index < -0.39 is 11.9 Å². The Labute approximate surface area is 104 Å². The number of carbonyl (C=O) groups is 2. The third kappa shape index (κ3) is 3.06. The first-order valence-corrected chi connectivity index (χ1v) is 6.77. The van der Waals surface area contributed by atoms with Gasteiger partial charge in [0.2, 0.25) is 11.8 Å². The second-order valence-corrected chi connectivity index (χ2v) is 4.81. The average Bonchev–Trinajstić information content (AvgIpc) is 2.20. The van der Waals surface area contributed by atoms with Crippen molar-refractivity contribution < 1.29 is 9.59 Å². The van der Waals surface area contributed by atoms with E-state index in [1.807, 2.05) is 6.92 Å². The van der Waals surface area contributed by atoms with E-state index in [1.54, 1.807) is 4.90 Å². The summed E-state index contributed by atoms with van der Waals surface area (Å²) in [5, 5.41) is 0. The number of alkyl halides is 1. The van der Waals surface area contributed by atoms with Gasteiger partial charge in [0, 0.05) is 17.4 Å². The van der Waals surface area contributed by atoms with Gasteiger partial charge in [0.15, 0.2) is 0 Å². The minimum Gasteiger partial charge on any atom is -0.368 e. The van der Waals surface area contributed by atoms with E-state index >= 15 is 0 Å². The summed E-state index contributed by atoms with van der Waals surface area (Å²) in [5.74, 6) is 0.159. The van der Waals surface area contributed by atoms with E-state index in [0.717, 1.165) is 10.8 Å². The van der Waals surface area contributed by atoms with Crippen molar-refractivity contribution in [3.63, 3.8) is 0 Å². The van der Waals surface area contributed by atoms with E-state index in [1.165, 1.54) is 0 Å². The lowest BCUT2D eigenvalue weighted by Crippen LogP contribution is -2.51. The van der Waals surface area contributed by atoms with Crippen molar-refractivity contribution in [2.45, 2.75) is 32.2 Å². The van der Waals surface area contributed by atoms with Crippen LogP contribution in [0.15, 0.2) is 0 Å². The number of halogens is 1. The van der Waals surface area contributed by atoms with Crippen LogP contribution in [0.2, 0.25) is 0 Å². The fourth-order valence-electron chi connectivity index (χ4n) is 1.95. The Kier molecular flexibility index (Phi) is 4.82. The van der Waals surface area contributed by atoms with Crippen molar-refractivity contribution in [2.24, 2.45) is 11.7 Å². The van der Waals surface area contributed by atoms with E-state index in [-0.39, 0.29) is 5.91 Å². The Bertz CT molecular complexity index is 258. The van der Waals surface area contributed by atoms with Gasteiger partial charge in [-0.25, -0.2) is 0 Å². The van der Waals surface area contributed by atoms with Gasteiger partial charge in [-0.1, -0.05) is 29.5 Å². The molecule has 0 aliphatic carbocycles. The topological polar surface area (TPSA) is 63.4 Å². The smallest absolute Gasteiger partial charge is 0.240 e. The molecular formula is C10H17IN2O2. The number of carbonyl (C=O) groups excluding carboxylic acids is 2. The molecule has 5 heteroatoms. The van der Waals surface area contributed by atoms with Crippen molar-refractivity contribution in [2.75, 3.05) is 11.0 Å². The summed E-state index contributed by atoms with van der Waals surface area (Å²) >= 11 is 2.30. The van der Waals surface area contributed by atoms with Crippen LogP contribution in [0.3, 0.4) is 0 Å². The molecule has 1 aliphatic rings. The molecule has 2 N–H and O–H groups in total. The highest BCUT2D eigenvalue weighted by Gasteiger charge is 2.31. The van der Waals surface area contributed by atoms with Gasteiger partial charge in [0.05, 0.1) is 0 Å². The lowest BCUT2D eigenvalue weighted by Gasteiger charge is -2.35. The van der Waals surface area contributed by atoms with Crippen LogP contribution in [0.1, 0.15) is 26.2 Å². The van der Waals surface area contributed by atoms with Crippen LogP contribution in [0.4, 0.5) is 0 Å². The highest BCUT2D eigenvalue weighted by Crippen LogP contribution is 2.22. The summed E-state index contributed by atoms with van der Waals surface area (Å²) in [5.41, 5.74) is 5.27. The minimum atomic E-state index is -0.410. The lowest BCUT2D eigenvalue weighted by atomic mass is 9.96. The zero-order chi connectivity index (χ0) is 11.4. The van der Waals surface area contributed by atoms with Crippen LogP contribution < -0.4 is 5.73 Å². The largest absolute Gasteiger partial charge is 0.368 e. The molecule has 1 rings (SSSR count). The minimum absolute atomic E-state index is 0.0774. The molecule has 86 valence electrons. The van der Waals surface area contributed by atoms with E-state index in [2.05, 4.69) is 22.6 Å². The van der Waals surface area contributed by atoms with Crippen molar-refractivity contribution >= 4 is 34.4 Å². The molecule has 2 atom stereocenters. The number of hydrogen-bond acceptors (Lipinski definition) is 2. The maximum absolute atomic E-state index is 11.8. The number of likely N-dealkylation sites (tertiary alicyclic amines) is 1. The molecule has 15 heavy (non-hydrogen) atoms. The Morgan fingerprint density at radius 3 is 2.80 bits per heavy atom. The molecule has 0 saturated carbocycles. The van der Waals surface area contributed by atoms with Crippen molar-refractivity contribution in [3.8, 4) is 0 Å². The molecule has 0 aromatic rings. The molecule has 0 bridgehead atoms. The number of nitrogens with zero attached hydrogens (tertiary/aromatic N) is 1. The monoisotopic (exact) mass is 324 g/mol. The summed E-state index contributed by atoms with van der Waals surface area (Å²) in [6.45, 7) is 2.56. The molecule has 1 aliphatic heterocycles. The zero-order valence-corrected chi connectivity index (χ0v) is 11.1. The van der Waals surface area contributed by atoms with Crippen LogP contribution in [-0.4, -0.2) is 33.7 Å². The number of hydrogen-bond donors (Lipinski definition) is 1. The van der Waals surface area contributed by atoms with Crippen molar-refractivity contribution in [3.05, 3.63) is 0 Å². The van der Waals surface area contributed by atoms with Gasteiger partial charge in [0.25, 0.3) is 0 Å². The fourth-order valence-corrected chi connectivity index (χ4v) is 2.70. The summed E-state index contributed by atoms with van der Waals surface area (Å²) < 4.78 is 1.00. The molecular weight excluding hydrogens is 307 g/mol. The van der Waals surface area contributed by atoms with E-state index in [4.69, 9.17) is 5.73 Å². The standard InChI is InChI=1S/C10H17IN2O2/c1-2-8(10(12)15)13-4-3-7(6-11)5-9(13)14/h7-8H,2-6H2,1H3,(H2,12,15)/t7?,8-/m0/s1. The van der Waals surface area contributed by atoms with Gasteiger partial charge >= 0.3 is 0 Å². The number of primary amides is 1. The first kappa shape index (κ1) is 12.7. The molecule has 0 spiro atoms. The molecule has 1 saturated heterocycles. The van der Waals surface area contributed by atoms with Crippen LogP contribution in [-0.2, 0) is 9.59 Å². The third-order valence-corrected chi connectivity index (χ3v) is 4.12. The maximum Gasteiger partial charge on any atom is 0.240 e. The second kappa shape index (κ2) is 5.67. The Morgan fingerprint density at radius 2 is 2.40 bits per heavy atom. The van der Waals surface area contributed by atoms with Crippen LogP contribution in [0, 0.1) is 5.92 Å². The van der Waals surface area contributed by atoms with E-state index in [9.17, 15) is 9.59 Å². The SMILES string of the molecule is CC[C@@H](C(N)=O)N1CCC(CI)CC1=O. The summed E-state index contributed by atoms with van der Waals surface area (Å²) in [4.78, 5) is 24.6. The van der Waals surface area contributed by atoms with E-state index in [0.29, 0.717) is 25.3 Å². The molecule has 0 aromatic heterocycles. The quantitative estimate of drug-likeness (QED) is 0.617. The predicted molar refractivity (Wildman–Crippen MR) is 66.6 cm³/mol. The summed E-state index contributed by atoms with van der Waals surface area (Å²) in [7, 11) is 0. The fraction of sp³-hybridized carbons (Fsp3) is 0.800. The first-order valence-electron chi connectivity index (χ1n) is 5.24. The summed E-state index contributed by atoms with van der Waals surface area (Å²) in [6, 6.07) is -0.410. The molecule has 0 aromatic carbocycles. The highest BCUT2D eigenvalue weighted by atomic mass is 127. The third-order valence-electron chi connectivity index (χ3n) is 2.87. The van der Waals surface area contributed by atoms with Crippen LogP contribution in [0.25, 0.3) is 0 Å². The molecule has 4 nitrogen and oxygen atoms in total. The Balaban J connectivity index is 2.64. The predicted octanol–water partition coefficient (Wildman–Crippen LogP) is 0.924. The summed E-state index contributed by atoms with van der Waals surface area (Å²) in [6.07, 6.45) is 2.15. The second-order valence-electron chi connectivity index (χ2n) is 3.93. The van der Waals surface area contributed by atoms with Crippen molar-refractivity contribution in [1.82, 2.24) is 4.90 Å². The highest BCUT2D eigenvalue weighted by molar-refractivity contribution is 14.1. The number of rotatable bonds is 4. The Hall–Kier alpha value is -0.330. The molecule has 2 amide bonds.